The van der Waals surface area contributed by atoms with Gasteiger partial charge in [0.05, 0.1) is 0 Å². The average molecular weight is 110 g/mol. The molecule has 0 aromatic heterocycles. The predicted octanol–water partition coefficient (Wildman–Crippen LogP) is 0.638. The lowest BCUT2D eigenvalue weighted by Gasteiger charge is -1.99. The van der Waals surface area contributed by atoms with Gasteiger partial charge in [-0.2, -0.15) is 0 Å². The Balaban J connectivity index is 2.46. The van der Waals surface area contributed by atoms with Crippen LogP contribution in [0, 0.1) is 23.7 Å². The lowest BCUT2D eigenvalue weighted by Crippen LogP contribution is -2.02. The van der Waals surface area contributed by atoms with Crippen LogP contribution in [0.25, 0.3) is 0 Å². The van der Waals surface area contributed by atoms with Crippen molar-refractivity contribution in [1.82, 2.24) is 0 Å². The second kappa shape index (κ2) is 1.50. The first-order chi connectivity index (χ1) is 3.73. The van der Waals surface area contributed by atoms with Crippen LogP contribution in [-0.4, -0.2) is 11.7 Å². The van der Waals surface area contributed by atoms with Crippen LogP contribution >= 0.6 is 0 Å². The summed E-state index contributed by atoms with van der Waals surface area (Å²) in [5.74, 6) is 2.96. The van der Waals surface area contributed by atoms with E-state index >= 15 is 0 Å². The molecule has 8 heavy (non-hydrogen) atoms. The SMILES string of the molecule is C#C[C@@H]1C[C@@]1(C)CO. The first-order valence-corrected chi connectivity index (χ1v) is 2.80. The smallest absolute Gasteiger partial charge is 0.0497 e. The zero-order chi connectivity index (χ0) is 6.20. The molecular formula is C7H10O. The molecule has 2 atom stereocenters. The van der Waals surface area contributed by atoms with Gasteiger partial charge in [-0.05, 0) is 6.42 Å². The summed E-state index contributed by atoms with van der Waals surface area (Å²) in [6.07, 6.45) is 6.12. The van der Waals surface area contributed by atoms with Gasteiger partial charge in [-0.25, -0.2) is 0 Å². The summed E-state index contributed by atoms with van der Waals surface area (Å²) in [5, 5.41) is 8.67. The molecule has 0 radical (unpaired) electrons. The zero-order valence-corrected chi connectivity index (χ0v) is 5.02. The lowest BCUT2D eigenvalue weighted by molar-refractivity contribution is 0.218. The van der Waals surface area contributed by atoms with Crippen LogP contribution in [0.1, 0.15) is 13.3 Å². The molecule has 0 bridgehead atoms. The van der Waals surface area contributed by atoms with Crippen LogP contribution in [0.15, 0.2) is 0 Å². The third-order valence-electron chi connectivity index (χ3n) is 1.91. The minimum atomic E-state index is 0.0781. The van der Waals surface area contributed by atoms with Crippen LogP contribution in [0.4, 0.5) is 0 Å². The van der Waals surface area contributed by atoms with Crippen molar-refractivity contribution >= 4 is 0 Å². The van der Waals surface area contributed by atoms with Gasteiger partial charge in [0, 0.05) is 17.9 Å². The predicted molar refractivity (Wildman–Crippen MR) is 32.1 cm³/mol. The first kappa shape index (κ1) is 5.65. The molecule has 0 aromatic carbocycles. The molecule has 0 unspecified atom stereocenters. The van der Waals surface area contributed by atoms with Crippen LogP contribution < -0.4 is 0 Å². The lowest BCUT2D eigenvalue weighted by atomic mass is 10.1. The maximum absolute atomic E-state index is 8.67. The Morgan fingerprint density at radius 3 is 2.75 bits per heavy atom. The molecule has 1 rings (SSSR count). The van der Waals surface area contributed by atoms with E-state index in [0.29, 0.717) is 5.92 Å². The third kappa shape index (κ3) is 0.617. The van der Waals surface area contributed by atoms with Gasteiger partial charge in [0.1, 0.15) is 0 Å². The second-order valence-corrected chi connectivity index (χ2v) is 2.74. The maximum Gasteiger partial charge on any atom is 0.0497 e. The van der Waals surface area contributed by atoms with Gasteiger partial charge < -0.3 is 5.11 Å². The molecule has 1 heteroatoms. The molecule has 1 aliphatic carbocycles. The van der Waals surface area contributed by atoms with E-state index in [1.54, 1.807) is 0 Å². The Kier molecular flexibility index (Phi) is 1.06. The van der Waals surface area contributed by atoms with Gasteiger partial charge in [-0.1, -0.05) is 6.92 Å². The van der Waals surface area contributed by atoms with Crippen molar-refractivity contribution in [3.8, 4) is 12.3 Å². The number of hydrogen-bond acceptors (Lipinski definition) is 1. The highest BCUT2D eigenvalue weighted by atomic mass is 16.3. The summed E-state index contributed by atoms with van der Waals surface area (Å²) in [4.78, 5) is 0. The topological polar surface area (TPSA) is 20.2 Å². The normalized spacial score (nSPS) is 43.4. The van der Waals surface area contributed by atoms with Gasteiger partial charge in [0.15, 0.2) is 0 Å². The number of rotatable bonds is 1. The van der Waals surface area contributed by atoms with Gasteiger partial charge in [-0.3, -0.25) is 0 Å². The monoisotopic (exact) mass is 110 g/mol. The summed E-state index contributed by atoms with van der Waals surface area (Å²) in [7, 11) is 0. The number of aliphatic hydroxyl groups excluding tert-OH is 1. The molecule has 0 spiro atoms. The summed E-state index contributed by atoms with van der Waals surface area (Å²) < 4.78 is 0. The van der Waals surface area contributed by atoms with Gasteiger partial charge in [-0.15, -0.1) is 12.3 Å². The summed E-state index contributed by atoms with van der Waals surface area (Å²) in [6.45, 7) is 2.25. The molecule has 1 N–H and O–H groups in total. The summed E-state index contributed by atoms with van der Waals surface area (Å²) >= 11 is 0. The summed E-state index contributed by atoms with van der Waals surface area (Å²) in [5.41, 5.74) is 0.0781. The van der Waals surface area contributed by atoms with Crippen molar-refractivity contribution in [2.24, 2.45) is 11.3 Å². The van der Waals surface area contributed by atoms with Crippen LogP contribution in [0.2, 0.25) is 0 Å². The Hall–Kier alpha value is -0.480. The standard InChI is InChI=1S/C7H10O/c1-3-6-4-7(6,2)5-8/h1,6,8H,4-5H2,2H3/t6-,7+/m1/s1. The Bertz CT molecular complexity index is 134. The minimum absolute atomic E-state index is 0.0781. The second-order valence-electron chi connectivity index (χ2n) is 2.74. The van der Waals surface area contributed by atoms with Crippen molar-refractivity contribution in [3.63, 3.8) is 0 Å². The molecule has 1 saturated carbocycles. The number of terminal acetylenes is 1. The highest BCUT2D eigenvalue weighted by Gasteiger charge is 2.48. The van der Waals surface area contributed by atoms with Crippen molar-refractivity contribution in [1.29, 1.82) is 0 Å². The van der Waals surface area contributed by atoms with Crippen molar-refractivity contribution in [3.05, 3.63) is 0 Å². The maximum atomic E-state index is 8.67. The third-order valence-corrected chi connectivity index (χ3v) is 1.91. The van der Waals surface area contributed by atoms with Crippen LogP contribution in [0.5, 0.6) is 0 Å². The van der Waals surface area contributed by atoms with E-state index in [2.05, 4.69) is 5.92 Å². The first-order valence-electron chi connectivity index (χ1n) is 2.80. The number of aliphatic hydroxyl groups is 1. The minimum Gasteiger partial charge on any atom is -0.396 e. The van der Waals surface area contributed by atoms with E-state index in [-0.39, 0.29) is 12.0 Å². The van der Waals surface area contributed by atoms with E-state index in [1.807, 2.05) is 6.92 Å². The van der Waals surface area contributed by atoms with Gasteiger partial charge in [0.25, 0.3) is 0 Å². The molecule has 1 fully saturated rings. The number of hydrogen-bond donors (Lipinski definition) is 1. The Morgan fingerprint density at radius 1 is 2.00 bits per heavy atom. The zero-order valence-electron chi connectivity index (χ0n) is 5.02. The molecule has 1 nitrogen and oxygen atoms in total. The van der Waals surface area contributed by atoms with Crippen LogP contribution in [-0.2, 0) is 0 Å². The Morgan fingerprint density at radius 2 is 2.62 bits per heavy atom. The van der Waals surface area contributed by atoms with E-state index in [0.717, 1.165) is 6.42 Å². The molecule has 0 amide bonds. The molecule has 0 aliphatic heterocycles. The van der Waals surface area contributed by atoms with Crippen LogP contribution in [0.3, 0.4) is 0 Å². The van der Waals surface area contributed by atoms with Crippen molar-refractivity contribution in [2.45, 2.75) is 13.3 Å². The van der Waals surface area contributed by atoms with E-state index in [4.69, 9.17) is 11.5 Å². The molecular weight excluding hydrogens is 100 g/mol. The quantitative estimate of drug-likeness (QED) is 0.491. The van der Waals surface area contributed by atoms with Crippen molar-refractivity contribution < 1.29 is 5.11 Å². The molecule has 1 aliphatic rings. The average Bonchev–Trinajstić information content (AvgIpc) is 2.44. The summed E-state index contributed by atoms with van der Waals surface area (Å²) in [6, 6.07) is 0. The molecule has 0 aromatic rings. The van der Waals surface area contributed by atoms with Gasteiger partial charge >= 0.3 is 0 Å². The highest BCUT2D eigenvalue weighted by Crippen LogP contribution is 2.50. The van der Waals surface area contributed by atoms with E-state index < -0.39 is 0 Å². The molecule has 44 valence electrons. The largest absolute Gasteiger partial charge is 0.396 e. The van der Waals surface area contributed by atoms with E-state index in [9.17, 15) is 0 Å². The molecule has 0 heterocycles. The fraction of sp³-hybridized carbons (Fsp3) is 0.714. The fourth-order valence-corrected chi connectivity index (χ4v) is 0.842. The highest BCUT2D eigenvalue weighted by molar-refractivity contribution is 5.14. The van der Waals surface area contributed by atoms with E-state index in [1.165, 1.54) is 0 Å². The Labute approximate surface area is 49.7 Å². The van der Waals surface area contributed by atoms with Gasteiger partial charge in [0.2, 0.25) is 0 Å². The molecule has 0 saturated heterocycles. The fourth-order valence-electron chi connectivity index (χ4n) is 0.842. The van der Waals surface area contributed by atoms with Crippen molar-refractivity contribution in [2.75, 3.05) is 6.61 Å².